The first-order valence-electron chi connectivity index (χ1n) is 10.0. The third kappa shape index (κ3) is 3.32. The summed E-state index contributed by atoms with van der Waals surface area (Å²) in [5, 5.41) is 1.18. The van der Waals surface area contributed by atoms with Crippen molar-refractivity contribution in [3.05, 3.63) is 45.0 Å². The molecule has 0 N–H and O–H groups in total. The standard InChI is InChI=1S/C21H23N3O3S2/c1-12-5-6-14-16(10-12)28-18-17(14)20(26)24(11-13-4-3-9-27-13)21(22-18)29-15-7-8-23(2)19(15)25/h3-4,9,12,15H,5-8,10-11H2,1-2H3. The monoisotopic (exact) mass is 429 g/mol. The number of carbonyl (C=O) groups excluding carboxylic acids is 1. The lowest BCUT2D eigenvalue weighted by Gasteiger charge is -2.18. The van der Waals surface area contributed by atoms with Gasteiger partial charge in [-0.05, 0) is 49.3 Å². The van der Waals surface area contributed by atoms with Gasteiger partial charge < -0.3 is 9.32 Å². The number of thiophene rings is 1. The van der Waals surface area contributed by atoms with Crippen LogP contribution in [0.5, 0.6) is 0 Å². The molecule has 1 aliphatic carbocycles. The number of aryl methyl sites for hydroxylation is 1. The molecule has 0 radical (unpaired) electrons. The Bertz CT molecular complexity index is 1130. The maximum absolute atomic E-state index is 13.6. The molecular formula is C21H23N3O3S2. The Morgan fingerprint density at radius 1 is 1.34 bits per heavy atom. The zero-order chi connectivity index (χ0) is 20.1. The maximum Gasteiger partial charge on any atom is 0.263 e. The first-order valence-corrected chi connectivity index (χ1v) is 11.7. The Kier molecular flexibility index (Phi) is 4.78. The SMILES string of the molecule is CC1CCc2c(sc3nc(SC4CCN(C)C4=O)n(Cc4ccco4)c(=O)c23)C1. The summed E-state index contributed by atoms with van der Waals surface area (Å²) in [7, 11) is 1.82. The molecule has 2 unspecified atom stereocenters. The van der Waals surface area contributed by atoms with Crippen molar-refractivity contribution in [3.63, 3.8) is 0 Å². The van der Waals surface area contributed by atoms with Crippen LogP contribution >= 0.6 is 23.1 Å². The first-order chi connectivity index (χ1) is 14.0. The summed E-state index contributed by atoms with van der Waals surface area (Å²) < 4.78 is 7.20. The van der Waals surface area contributed by atoms with E-state index in [-0.39, 0.29) is 16.7 Å². The second-order valence-electron chi connectivity index (χ2n) is 8.05. The van der Waals surface area contributed by atoms with Crippen molar-refractivity contribution in [2.45, 2.75) is 49.6 Å². The van der Waals surface area contributed by atoms with Crippen molar-refractivity contribution >= 4 is 39.2 Å². The molecule has 1 amide bonds. The fourth-order valence-corrected chi connectivity index (χ4v) is 6.83. The molecule has 3 aromatic rings. The number of nitrogens with zero attached hydrogens (tertiary/aromatic N) is 3. The van der Waals surface area contributed by atoms with Gasteiger partial charge >= 0.3 is 0 Å². The van der Waals surface area contributed by atoms with Crippen molar-refractivity contribution in [3.8, 4) is 0 Å². The normalized spacial score (nSPS) is 21.9. The van der Waals surface area contributed by atoms with Gasteiger partial charge in [-0.15, -0.1) is 11.3 Å². The summed E-state index contributed by atoms with van der Waals surface area (Å²) in [6, 6.07) is 3.69. The molecule has 1 fully saturated rings. The Balaban J connectivity index is 1.63. The predicted molar refractivity (Wildman–Crippen MR) is 115 cm³/mol. The van der Waals surface area contributed by atoms with Crippen LogP contribution in [-0.4, -0.2) is 39.2 Å². The Morgan fingerprint density at radius 2 is 2.21 bits per heavy atom. The summed E-state index contributed by atoms with van der Waals surface area (Å²) in [6.07, 6.45) is 5.44. The van der Waals surface area contributed by atoms with E-state index >= 15 is 0 Å². The Morgan fingerprint density at radius 3 is 2.93 bits per heavy atom. The van der Waals surface area contributed by atoms with Gasteiger partial charge in [0.25, 0.3) is 5.56 Å². The predicted octanol–water partition coefficient (Wildman–Crippen LogP) is 3.55. The van der Waals surface area contributed by atoms with E-state index in [9.17, 15) is 9.59 Å². The van der Waals surface area contributed by atoms with Crippen LogP contribution in [0.1, 0.15) is 36.0 Å². The topological polar surface area (TPSA) is 68.3 Å². The molecule has 29 heavy (non-hydrogen) atoms. The highest BCUT2D eigenvalue weighted by Crippen LogP contribution is 2.37. The van der Waals surface area contributed by atoms with E-state index in [1.54, 1.807) is 27.1 Å². The molecule has 4 heterocycles. The molecule has 0 bridgehead atoms. The minimum absolute atomic E-state index is 0.0141. The lowest BCUT2D eigenvalue weighted by Crippen LogP contribution is -2.27. The lowest BCUT2D eigenvalue weighted by molar-refractivity contribution is -0.126. The summed E-state index contributed by atoms with van der Waals surface area (Å²) in [5.74, 6) is 1.46. The number of fused-ring (bicyclic) bond motifs is 3. The molecule has 0 spiro atoms. The molecule has 0 aromatic carbocycles. The van der Waals surface area contributed by atoms with Gasteiger partial charge in [-0.3, -0.25) is 14.2 Å². The number of carbonyl (C=O) groups is 1. The fraction of sp³-hybridized carbons (Fsp3) is 0.476. The zero-order valence-electron chi connectivity index (χ0n) is 16.5. The molecule has 6 nitrogen and oxygen atoms in total. The van der Waals surface area contributed by atoms with Gasteiger partial charge in [-0.25, -0.2) is 4.98 Å². The fourth-order valence-electron chi connectivity index (χ4n) is 4.22. The second kappa shape index (κ2) is 7.32. The van der Waals surface area contributed by atoms with E-state index in [0.29, 0.717) is 23.4 Å². The average Bonchev–Trinajstić information content (AvgIpc) is 3.40. The van der Waals surface area contributed by atoms with Gasteiger partial charge in [-0.2, -0.15) is 0 Å². The number of furan rings is 1. The Hall–Kier alpha value is -2.06. The van der Waals surface area contributed by atoms with E-state index in [0.717, 1.165) is 42.4 Å². The van der Waals surface area contributed by atoms with Crippen LogP contribution in [0.3, 0.4) is 0 Å². The van der Waals surface area contributed by atoms with Gasteiger partial charge in [-0.1, -0.05) is 18.7 Å². The largest absolute Gasteiger partial charge is 0.467 e. The van der Waals surface area contributed by atoms with E-state index < -0.39 is 0 Å². The quantitative estimate of drug-likeness (QED) is 0.594. The van der Waals surface area contributed by atoms with Crippen LogP contribution in [-0.2, 0) is 24.2 Å². The highest BCUT2D eigenvalue weighted by Gasteiger charge is 2.32. The molecule has 5 rings (SSSR count). The van der Waals surface area contributed by atoms with E-state index in [1.165, 1.54) is 22.2 Å². The van der Waals surface area contributed by atoms with Gasteiger partial charge in [0.15, 0.2) is 5.16 Å². The Labute approximate surface area is 176 Å². The molecule has 8 heteroatoms. The molecule has 2 atom stereocenters. The molecule has 2 aliphatic rings. The number of amides is 1. The first kappa shape index (κ1) is 18.9. The summed E-state index contributed by atoms with van der Waals surface area (Å²) in [4.78, 5) is 34.8. The van der Waals surface area contributed by atoms with Crippen LogP contribution in [0.4, 0.5) is 0 Å². The maximum atomic E-state index is 13.6. The smallest absolute Gasteiger partial charge is 0.263 e. The second-order valence-corrected chi connectivity index (χ2v) is 10.3. The van der Waals surface area contributed by atoms with Crippen LogP contribution in [0.25, 0.3) is 10.2 Å². The number of thioether (sulfide) groups is 1. The number of likely N-dealkylation sites (tertiary alicyclic amines) is 1. The molecule has 3 aromatic heterocycles. The summed E-state index contributed by atoms with van der Waals surface area (Å²) in [5.41, 5.74) is 1.17. The third-order valence-electron chi connectivity index (χ3n) is 5.90. The third-order valence-corrected chi connectivity index (χ3v) is 8.29. The van der Waals surface area contributed by atoms with Crippen LogP contribution in [0, 0.1) is 5.92 Å². The molecule has 0 saturated carbocycles. The van der Waals surface area contributed by atoms with Gasteiger partial charge in [0.1, 0.15) is 10.6 Å². The lowest BCUT2D eigenvalue weighted by atomic mass is 9.89. The zero-order valence-corrected chi connectivity index (χ0v) is 18.1. The molecule has 1 saturated heterocycles. The number of hydrogen-bond acceptors (Lipinski definition) is 6. The molecular weight excluding hydrogens is 406 g/mol. The average molecular weight is 430 g/mol. The van der Waals surface area contributed by atoms with Gasteiger partial charge in [0.2, 0.25) is 5.91 Å². The van der Waals surface area contributed by atoms with Crippen molar-refractivity contribution in [2.75, 3.05) is 13.6 Å². The number of aromatic nitrogens is 2. The van der Waals surface area contributed by atoms with Crippen molar-refractivity contribution in [2.24, 2.45) is 5.92 Å². The summed E-state index contributed by atoms with van der Waals surface area (Å²) in [6.45, 7) is 3.33. The van der Waals surface area contributed by atoms with Crippen LogP contribution in [0.2, 0.25) is 0 Å². The van der Waals surface area contributed by atoms with Crippen LogP contribution < -0.4 is 5.56 Å². The van der Waals surface area contributed by atoms with Crippen molar-refractivity contribution < 1.29 is 9.21 Å². The van der Waals surface area contributed by atoms with Gasteiger partial charge in [0.05, 0.1) is 23.4 Å². The van der Waals surface area contributed by atoms with Crippen molar-refractivity contribution in [1.29, 1.82) is 0 Å². The van der Waals surface area contributed by atoms with E-state index in [4.69, 9.17) is 9.40 Å². The van der Waals surface area contributed by atoms with E-state index in [1.807, 2.05) is 19.2 Å². The number of hydrogen-bond donors (Lipinski definition) is 0. The molecule has 1 aliphatic heterocycles. The van der Waals surface area contributed by atoms with Gasteiger partial charge in [0, 0.05) is 18.5 Å². The van der Waals surface area contributed by atoms with Crippen molar-refractivity contribution in [1.82, 2.24) is 14.5 Å². The van der Waals surface area contributed by atoms with E-state index in [2.05, 4.69) is 6.92 Å². The number of rotatable bonds is 4. The van der Waals surface area contributed by atoms with Crippen LogP contribution in [0.15, 0.2) is 32.8 Å². The highest BCUT2D eigenvalue weighted by molar-refractivity contribution is 8.00. The molecule has 152 valence electrons. The highest BCUT2D eigenvalue weighted by atomic mass is 32.2. The minimum Gasteiger partial charge on any atom is -0.467 e. The summed E-state index contributed by atoms with van der Waals surface area (Å²) >= 11 is 3.06. The minimum atomic E-state index is -0.193.